The minimum Gasteiger partial charge on any atom is -0.399 e. The lowest BCUT2D eigenvalue weighted by Crippen LogP contribution is -2.37. The van der Waals surface area contributed by atoms with E-state index in [-0.39, 0.29) is 11.8 Å². The van der Waals surface area contributed by atoms with E-state index in [0.717, 1.165) is 31.5 Å². The molecule has 26 heavy (non-hydrogen) atoms. The van der Waals surface area contributed by atoms with Crippen molar-refractivity contribution < 1.29 is 9.59 Å². The molecular formula is C21H25N3O2. The van der Waals surface area contributed by atoms with Crippen LogP contribution in [0.25, 0.3) is 0 Å². The third-order valence-electron chi connectivity index (χ3n) is 4.94. The highest BCUT2D eigenvalue weighted by Crippen LogP contribution is 2.22. The van der Waals surface area contributed by atoms with Crippen LogP contribution >= 0.6 is 0 Å². The van der Waals surface area contributed by atoms with E-state index in [1.807, 2.05) is 17.9 Å². The van der Waals surface area contributed by atoms with Crippen molar-refractivity contribution in [3.63, 3.8) is 0 Å². The highest BCUT2D eigenvalue weighted by molar-refractivity contribution is 6.05. The van der Waals surface area contributed by atoms with Crippen LogP contribution in [0.3, 0.4) is 0 Å². The molecule has 1 fully saturated rings. The summed E-state index contributed by atoms with van der Waals surface area (Å²) in [5, 5.41) is 2.89. The molecule has 1 heterocycles. The predicted octanol–water partition coefficient (Wildman–Crippen LogP) is 3.70. The smallest absolute Gasteiger partial charge is 0.255 e. The number of anilines is 2. The molecule has 0 atom stereocenters. The van der Waals surface area contributed by atoms with E-state index < -0.39 is 0 Å². The lowest BCUT2D eigenvalue weighted by atomic mass is 9.98. The van der Waals surface area contributed by atoms with Crippen LogP contribution in [0, 0.1) is 12.8 Å². The Morgan fingerprint density at radius 3 is 2.46 bits per heavy atom. The Balaban J connectivity index is 1.71. The van der Waals surface area contributed by atoms with Crippen molar-refractivity contribution in [1.82, 2.24) is 4.90 Å². The van der Waals surface area contributed by atoms with E-state index in [1.165, 1.54) is 0 Å². The molecule has 0 saturated carbocycles. The fourth-order valence-electron chi connectivity index (χ4n) is 3.21. The van der Waals surface area contributed by atoms with Crippen LogP contribution in [0.4, 0.5) is 11.4 Å². The van der Waals surface area contributed by atoms with Crippen LogP contribution in [0.15, 0.2) is 42.5 Å². The van der Waals surface area contributed by atoms with E-state index in [9.17, 15) is 9.59 Å². The minimum absolute atomic E-state index is 0.0636. The molecule has 0 spiro atoms. The number of nitrogen functional groups attached to an aromatic ring is 1. The number of piperidine rings is 1. The summed E-state index contributed by atoms with van der Waals surface area (Å²) in [4.78, 5) is 27.0. The lowest BCUT2D eigenvalue weighted by molar-refractivity contribution is 0.0697. The Bertz CT molecular complexity index is 824. The number of hydrogen-bond donors (Lipinski definition) is 2. The molecule has 0 bridgehead atoms. The van der Waals surface area contributed by atoms with E-state index in [4.69, 9.17) is 5.73 Å². The standard InChI is InChI=1S/C21H25N3O2/c1-14-8-10-24(11-9-14)21(26)17-6-7-19(15(2)12-17)23-20(25)16-4-3-5-18(22)13-16/h3-7,12-14H,8-11,22H2,1-2H3,(H,23,25). The summed E-state index contributed by atoms with van der Waals surface area (Å²) >= 11 is 0. The Kier molecular flexibility index (Phi) is 5.26. The fraction of sp³-hybridized carbons (Fsp3) is 0.333. The quantitative estimate of drug-likeness (QED) is 0.828. The second-order valence-electron chi connectivity index (χ2n) is 7.08. The van der Waals surface area contributed by atoms with Crippen molar-refractivity contribution in [3.05, 3.63) is 59.2 Å². The second-order valence-corrected chi connectivity index (χ2v) is 7.08. The maximum Gasteiger partial charge on any atom is 0.255 e. The average Bonchev–Trinajstić information content (AvgIpc) is 2.63. The number of nitrogens with one attached hydrogen (secondary N) is 1. The number of nitrogens with two attached hydrogens (primary N) is 1. The Morgan fingerprint density at radius 1 is 1.08 bits per heavy atom. The van der Waals surface area contributed by atoms with Crippen LogP contribution in [0.5, 0.6) is 0 Å². The maximum atomic E-state index is 12.7. The summed E-state index contributed by atoms with van der Waals surface area (Å²) in [5.41, 5.74) is 9.01. The van der Waals surface area contributed by atoms with Gasteiger partial charge in [0.2, 0.25) is 0 Å². The van der Waals surface area contributed by atoms with Crippen molar-refractivity contribution in [2.45, 2.75) is 26.7 Å². The molecule has 0 aliphatic carbocycles. The van der Waals surface area contributed by atoms with E-state index in [2.05, 4.69) is 12.2 Å². The number of benzene rings is 2. The van der Waals surface area contributed by atoms with Crippen molar-refractivity contribution >= 4 is 23.2 Å². The summed E-state index contributed by atoms with van der Waals surface area (Å²) in [7, 11) is 0. The molecule has 3 N–H and O–H groups in total. The van der Waals surface area contributed by atoms with Gasteiger partial charge in [-0.05, 0) is 67.6 Å². The van der Waals surface area contributed by atoms with Crippen molar-refractivity contribution in [3.8, 4) is 0 Å². The van der Waals surface area contributed by atoms with Gasteiger partial charge in [-0.2, -0.15) is 0 Å². The molecule has 2 aromatic rings. The number of aryl methyl sites for hydroxylation is 1. The van der Waals surface area contributed by atoms with Gasteiger partial charge < -0.3 is 16.0 Å². The van der Waals surface area contributed by atoms with Crippen molar-refractivity contribution in [2.24, 2.45) is 5.92 Å². The zero-order valence-electron chi connectivity index (χ0n) is 15.3. The molecule has 5 nitrogen and oxygen atoms in total. The molecule has 3 rings (SSSR count). The molecule has 136 valence electrons. The first-order chi connectivity index (χ1) is 12.4. The van der Waals surface area contributed by atoms with Crippen LogP contribution in [0.2, 0.25) is 0 Å². The van der Waals surface area contributed by atoms with E-state index in [0.29, 0.717) is 28.4 Å². The first kappa shape index (κ1) is 18.0. The third-order valence-corrected chi connectivity index (χ3v) is 4.94. The first-order valence-corrected chi connectivity index (χ1v) is 9.01. The molecule has 1 aliphatic heterocycles. The summed E-state index contributed by atoms with van der Waals surface area (Å²) in [5.74, 6) is 0.531. The molecule has 5 heteroatoms. The maximum absolute atomic E-state index is 12.7. The number of rotatable bonds is 3. The Labute approximate surface area is 154 Å². The molecule has 1 saturated heterocycles. The van der Waals surface area contributed by atoms with Gasteiger partial charge in [-0.25, -0.2) is 0 Å². The monoisotopic (exact) mass is 351 g/mol. The van der Waals surface area contributed by atoms with E-state index >= 15 is 0 Å². The zero-order valence-corrected chi connectivity index (χ0v) is 15.3. The van der Waals surface area contributed by atoms with Gasteiger partial charge >= 0.3 is 0 Å². The van der Waals surface area contributed by atoms with Gasteiger partial charge in [-0.1, -0.05) is 13.0 Å². The summed E-state index contributed by atoms with van der Waals surface area (Å²) in [6.07, 6.45) is 2.11. The summed E-state index contributed by atoms with van der Waals surface area (Å²) < 4.78 is 0. The number of carbonyl (C=O) groups excluding carboxylic acids is 2. The topological polar surface area (TPSA) is 75.4 Å². The summed E-state index contributed by atoms with van der Waals surface area (Å²) in [6, 6.07) is 12.3. The minimum atomic E-state index is -0.218. The predicted molar refractivity (Wildman–Crippen MR) is 104 cm³/mol. The number of likely N-dealkylation sites (tertiary alicyclic amines) is 1. The van der Waals surface area contributed by atoms with Gasteiger partial charge in [0.15, 0.2) is 0 Å². The van der Waals surface area contributed by atoms with Gasteiger partial charge in [0, 0.05) is 35.6 Å². The molecule has 0 unspecified atom stereocenters. The molecule has 2 aromatic carbocycles. The van der Waals surface area contributed by atoms with Crippen molar-refractivity contribution in [2.75, 3.05) is 24.1 Å². The molecular weight excluding hydrogens is 326 g/mol. The zero-order chi connectivity index (χ0) is 18.7. The molecule has 1 aliphatic rings. The molecule has 0 radical (unpaired) electrons. The Morgan fingerprint density at radius 2 is 1.81 bits per heavy atom. The normalized spacial score (nSPS) is 14.9. The number of nitrogens with zero attached hydrogens (tertiary/aromatic N) is 1. The first-order valence-electron chi connectivity index (χ1n) is 9.01. The Hall–Kier alpha value is -2.82. The van der Waals surface area contributed by atoms with Crippen LogP contribution < -0.4 is 11.1 Å². The largest absolute Gasteiger partial charge is 0.399 e. The van der Waals surface area contributed by atoms with Gasteiger partial charge in [0.1, 0.15) is 0 Å². The summed E-state index contributed by atoms with van der Waals surface area (Å²) in [6.45, 7) is 5.74. The average molecular weight is 351 g/mol. The van der Waals surface area contributed by atoms with Crippen LogP contribution in [-0.4, -0.2) is 29.8 Å². The molecule has 0 aromatic heterocycles. The SMILES string of the molecule is Cc1cc(C(=O)N2CCC(C)CC2)ccc1NC(=O)c1cccc(N)c1. The van der Waals surface area contributed by atoms with Gasteiger partial charge in [-0.3, -0.25) is 9.59 Å². The third kappa shape index (κ3) is 4.04. The van der Waals surface area contributed by atoms with Gasteiger partial charge in [0.25, 0.3) is 11.8 Å². The molecule has 2 amide bonds. The van der Waals surface area contributed by atoms with Gasteiger partial charge in [0.05, 0.1) is 0 Å². The second kappa shape index (κ2) is 7.60. The lowest BCUT2D eigenvalue weighted by Gasteiger charge is -2.30. The van der Waals surface area contributed by atoms with Crippen LogP contribution in [0.1, 0.15) is 46.0 Å². The van der Waals surface area contributed by atoms with Crippen LogP contribution in [-0.2, 0) is 0 Å². The number of carbonyl (C=O) groups is 2. The number of hydrogen-bond acceptors (Lipinski definition) is 3. The highest BCUT2D eigenvalue weighted by atomic mass is 16.2. The van der Waals surface area contributed by atoms with E-state index in [1.54, 1.807) is 36.4 Å². The number of amides is 2. The van der Waals surface area contributed by atoms with Crippen molar-refractivity contribution in [1.29, 1.82) is 0 Å². The van der Waals surface area contributed by atoms with Gasteiger partial charge in [-0.15, -0.1) is 0 Å². The highest BCUT2D eigenvalue weighted by Gasteiger charge is 2.21. The fourth-order valence-corrected chi connectivity index (χ4v) is 3.21.